The van der Waals surface area contributed by atoms with Crippen LogP contribution < -0.4 is 16.0 Å². The third-order valence-corrected chi connectivity index (χ3v) is 10.8. The lowest BCUT2D eigenvalue weighted by molar-refractivity contribution is -0.155. The summed E-state index contributed by atoms with van der Waals surface area (Å²) >= 11 is 0. The second-order valence-corrected chi connectivity index (χ2v) is 16.5. The van der Waals surface area contributed by atoms with Gasteiger partial charge in [-0.25, -0.2) is 19.2 Å². The van der Waals surface area contributed by atoms with Gasteiger partial charge in [0.05, 0.1) is 6.42 Å². The number of hydrogen-bond acceptors (Lipinski definition) is 9. The van der Waals surface area contributed by atoms with E-state index in [-0.39, 0.29) is 19.1 Å². The van der Waals surface area contributed by atoms with Gasteiger partial charge in [0.15, 0.2) is 6.04 Å². The molecule has 0 bridgehead atoms. The lowest BCUT2D eigenvalue weighted by Crippen LogP contribution is -2.52. The maximum absolute atomic E-state index is 14.6. The number of amides is 3. The number of alkyl carbamates (subject to hydrolysis) is 2. The third-order valence-electron chi connectivity index (χ3n) is 10.8. The summed E-state index contributed by atoms with van der Waals surface area (Å²) in [5, 5.41) is 8.22. The van der Waals surface area contributed by atoms with Gasteiger partial charge in [0.2, 0.25) is 5.91 Å². The van der Waals surface area contributed by atoms with Crippen LogP contribution >= 0.6 is 0 Å². The molecule has 2 atom stereocenters. The van der Waals surface area contributed by atoms with Crippen LogP contribution in [-0.4, -0.2) is 60.9 Å². The highest BCUT2D eigenvalue weighted by atomic mass is 16.6. The second kappa shape index (κ2) is 20.6. The lowest BCUT2D eigenvalue weighted by Gasteiger charge is -2.37. The number of benzene rings is 6. The Labute approximate surface area is 378 Å². The Kier molecular flexibility index (Phi) is 14.4. The Bertz CT molecular complexity index is 2440. The van der Waals surface area contributed by atoms with Crippen molar-refractivity contribution in [2.24, 2.45) is 0 Å². The Morgan fingerprint density at radius 1 is 0.523 bits per heavy atom. The first-order valence-electron chi connectivity index (χ1n) is 21.4. The van der Waals surface area contributed by atoms with Gasteiger partial charge in [0.25, 0.3) is 0 Å². The predicted octanol–water partition coefficient (Wildman–Crippen LogP) is 8.57. The molecule has 6 aromatic carbocycles. The van der Waals surface area contributed by atoms with Gasteiger partial charge < -0.3 is 34.9 Å². The van der Waals surface area contributed by atoms with Crippen LogP contribution in [0.5, 0.6) is 0 Å². The van der Waals surface area contributed by atoms with Crippen LogP contribution in [0, 0.1) is 0 Å². The molecule has 12 heteroatoms. The molecular weight excluding hydrogens is 823 g/mol. The zero-order chi connectivity index (χ0) is 45.8. The topological polar surface area (TPSA) is 158 Å². The van der Waals surface area contributed by atoms with E-state index in [1.165, 1.54) is 0 Å². The molecule has 332 valence electrons. The standard InChI is InChI=1S/C53H51N3O9/c1-52(2,3)65-51(61)55-46(49(59)62-33-36-20-8-4-9-21-36)35-63-48(58)45(54-50(60)64-34-44-42-30-18-16-28-40(42)41-29-17-19-31-43(41)44)32-47(57)56-53(37-22-10-5-11-23-37,38-24-12-6-13-25-38)39-26-14-7-15-27-39/h4-31,44-46H,32-35H2,1-3H3,(H,54,60)(H,55,61)(H,56,57)/t45-,46+/m1/s1. The zero-order valence-electron chi connectivity index (χ0n) is 36.4. The number of hydrogen-bond donors (Lipinski definition) is 3. The SMILES string of the molecule is CC(C)(C)OC(=O)N[C@@H](COC(=O)[C@@H](CC(=O)NC(c1ccccc1)(c1ccccc1)c1ccccc1)NC(=O)OCC1c2ccccc2-c2ccccc21)C(=O)OCc1ccccc1. The number of carbonyl (C=O) groups excluding carboxylic acids is 5. The van der Waals surface area contributed by atoms with Crippen LogP contribution in [0.25, 0.3) is 11.1 Å². The molecule has 12 nitrogen and oxygen atoms in total. The largest absolute Gasteiger partial charge is 0.461 e. The first-order valence-corrected chi connectivity index (χ1v) is 21.4. The smallest absolute Gasteiger partial charge is 0.408 e. The molecule has 3 amide bonds. The normalized spacial score (nSPS) is 12.9. The van der Waals surface area contributed by atoms with E-state index >= 15 is 0 Å². The molecule has 0 radical (unpaired) electrons. The van der Waals surface area contributed by atoms with Crippen molar-refractivity contribution >= 4 is 30.0 Å². The molecule has 1 aliphatic carbocycles. The summed E-state index contributed by atoms with van der Waals surface area (Å²) < 4.78 is 22.4. The van der Waals surface area contributed by atoms with Crippen molar-refractivity contribution in [3.05, 3.63) is 203 Å². The Balaban J connectivity index is 1.15. The summed E-state index contributed by atoms with van der Waals surface area (Å²) in [6, 6.07) is 49.7. The number of nitrogens with one attached hydrogen (secondary N) is 3. The highest BCUT2D eigenvalue weighted by Crippen LogP contribution is 2.44. The number of esters is 2. The van der Waals surface area contributed by atoms with E-state index in [0.29, 0.717) is 5.56 Å². The van der Waals surface area contributed by atoms with Crippen molar-refractivity contribution < 1.29 is 42.9 Å². The summed E-state index contributed by atoms with van der Waals surface area (Å²) in [5.41, 5.74) is 4.76. The molecule has 0 saturated carbocycles. The van der Waals surface area contributed by atoms with Gasteiger partial charge in [0, 0.05) is 5.92 Å². The molecule has 7 rings (SSSR count). The fraction of sp³-hybridized carbons (Fsp3) is 0.226. The monoisotopic (exact) mass is 873 g/mol. The van der Waals surface area contributed by atoms with Gasteiger partial charge in [-0.1, -0.05) is 170 Å². The van der Waals surface area contributed by atoms with Crippen molar-refractivity contribution in [2.45, 2.75) is 62.9 Å². The van der Waals surface area contributed by atoms with Crippen molar-refractivity contribution in [1.82, 2.24) is 16.0 Å². The van der Waals surface area contributed by atoms with Crippen molar-refractivity contribution in [3.63, 3.8) is 0 Å². The maximum atomic E-state index is 14.6. The third kappa shape index (κ3) is 11.3. The summed E-state index contributed by atoms with van der Waals surface area (Å²) in [6.07, 6.45) is -2.55. The number of rotatable bonds is 16. The Hall–Kier alpha value is -7.73. The van der Waals surface area contributed by atoms with Crippen LogP contribution in [0.2, 0.25) is 0 Å². The van der Waals surface area contributed by atoms with Crippen LogP contribution in [0.3, 0.4) is 0 Å². The van der Waals surface area contributed by atoms with Gasteiger partial charge in [-0.05, 0) is 65.3 Å². The van der Waals surface area contributed by atoms with Crippen molar-refractivity contribution in [3.8, 4) is 11.1 Å². The quantitative estimate of drug-likeness (QED) is 0.0492. The minimum absolute atomic E-state index is 0.0674. The molecule has 1 aliphatic rings. The minimum Gasteiger partial charge on any atom is -0.461 e. The highest BCUT2D eigenvalue weighted by Gasteiger charge is 2.40. The number of carbonyl (C=O) groups is 5. The Morgan fingerprint density at radius 2 is 0.969 bits per heavy atom. The van der Waals surface area contributed by atoms with Crippen LogP contribution in [0.4, 0.5) is 9.59 Å². The van der Waals surface area contributed by atoms with Gasteiger partial charge in [-0.3, -0.25) is 4.79 Å². The highest BCUT2D eigenvalue weighted by molar-refractivity contribution is 5.89. The minimum atomic E-state index is -1.63. The first kappa shape index (κ1) is 45.3. The molecule has 0 aliphatic heterocycles. The van der Waals surface area contributed by atoms with Gasteiger partial charge >= 0.3 is 24.1 Å². The summed E-state index contributed by atoms with van der Waals surface area (Å²) in [7, 11) is 0. The molecule has 0 saturated heterocycles. The molecule has 0 spiro atoms. The van der Waals surface area contributed by atoms with E-state index < -0.39 is 66.3 Å². The molecule has 0 unspecified atom stereocenters. The Morgan fingerprint density at radius 3 is 1.48 bits per heavy atom. The maximum Gasteiger partial charge on any atom is 0.408 e. The van der Waals surface area contributed by atoms with Crippen LogP contribution in [-0.2, 0) is 45.5 Å². The molecule has 0 heterocycles. The fourth-order valence-corrected chi connectivity index (χ4v) is 7.92. The molecule has 6 aromatic rings. The number of ether oxygens (including phenoxy) is 4. The van der Waals surface area contributed by atoms with E-state index in [9.17, 15) is 24.0 Å². The van der Waals surface area contributed by atoms with Gasteiger partial charge in [-0.15, -0.1) is 0 Å². The van der Waals surface area contributed by atoms with E-state index in [4.69, 9.17) is 18.9 Å². The first-order chi connectivity index (χ1) is 31.4. The molecular formula is C53H51N3O9. The summed E-state index contributed by atoms with van der Waals surface area (Å²) in [6.45, 7) is 4.05. The van der Waals surface area contributed by atoms with E-state index in [1.807, 2.05) is 146 Å². The van der Waals surface area contributed by atoms with Crippen LogP contribution in [0.15, 0.2) is 170 Å². The second-order valence-electron chi connectivity index (χ2n) is 16.5. The van der Waals surface area contributed by atoms with Crippen molar-refractivity contribution in [2.75, 3.05) is 13.2 Å². The molecule has 3 N–H and O–H groups in total. The predicted molar refractivity (Wildman–Crippen MR) is 244 cm³/mol. The molecule has 65 heavy (non-hydrogen) atoms. The van der Waals surface area contributed by atoms with E-state index in [2.05, 4.69) is 16.0 Å². The van der Waals surface area contributed by atoms with Gasteiger partial charge in [0.1, 0.15) is 37.0 Å². The summed E-state index contributed by atoms with van der Waals surface area (Å²) in [4.78, 5) is 69.0. The molecule has 0 fully saturated rings. The fourth-order valence-electron chi connectivity index (χ4n) is 7.92. The van der Waals surface area contributed by atoms with Gasteiger partial charge in [-0.2, -0.15) is 0 Å². The molecule has 0 aromatic heterocycles. The van der Waals surface area contributed by atoms with Crippen molar-refractivity contribution in [1.29, 1.82) is 0 Å². The lowest BCUT2D eigenvalue weighted by atomic mass is 9.77. The van der Waals surface area contributed by atoms with E-state index in [1.54, 1.807) is 45.0 Å². The zero-order valence-corrected chi connectivity index (χ0v) is 36.4. The number of fused-ring (bicyclic) bond motifs is 3. The average molecular weight is 874 g/mol. The summed E-state index contributed by atoms with van der Waals surface area (Å²) in [5.74, 6) is -2.91. The van der Waals surface area contributed by atoms with Crippen LogP contribution in [0.1, 0.15) is 66.5 Å². The average Bonchev–Trinajstić information content (AvgIpc) is 3.64. The van der Waals surface area contributed by atoms with E-state index in [0.717, 1.165) is 38.9 Å².